The number of likely N-dealkylation sites (N-methyl/N-ethyl adjacent to an activating group) is 2. The molecule has 3 aromatic rings. The van der Waals surface area contributed by atoms with Crippen LogP contribution in [0, 0.1) is 10.8 Å². The number of carbonyl (C=O) groups excluding carboxylic acids is 8. The molecule has 3 aromatic carbocycles. The first-order chi connectivity index (χ1) is 36.4. The summed E-state index contributed by atoms with van der Waals surface area (Å²) in [6, 6.07) is 15.4. The Hall–Kier alpha value is -5.93. The highest BCUT2D eigenvalue weighted by Gasteiger charge is 2.49. The van der Waals surface area contributed by atoms with E-state index in [2.05, 4.69) is 49.4 Å². The standard InChI is InChI=1S/C58H79IN10O8/c1-33(60-9)49(70)66-47(57(3,4)5)55(76)67-31-39(29-45(67)52(73)64-43-23-15-19-35-17-11-13-21-41(35)43)62-50(71)37-25-27-38(28-26-37)51(72)63-40-30-46(53(74)65-44-24-16-20-36-18-12-14-22-42(36)44)68(32-40)56(77)48(58(6,7)8)69(59)54(75)34(2)61-10/h11-14,17-18,21-22,25-28,33-34,39-40,43-48,60-61H,15-16,19-20,23-24,29-32H2,1-10H3,(H,62,71)(H,63,72)(H,64,73)(H,65,74)(H,66,70)/t33-,34-,39-,40-,43+,44+,45-,46-,47+,48+/m0/s1. The molecule has 77 heavy (non-hydrogen) atoms. The van der Waals surface area contributed by atoms with Crippen LogP contribution >= 0.6 is 22.9 Å². The molecular weight excluding hydrogens is 1090 g/mol. The summed E-state index contributed by atoms with van der Waals surface area (Å²) in [6.07, 6.45) is 5.33. The van der Waals surface area contributed by atoms with Crippen molar-refractivity contribution in [2.45, 2.75) is 167 Å². The van der Waals surface area contributed by atoms with Crippen molar-refractivity contribution in [3.8, 4) is 0 Å². The minimum Gasteiger partial charge on any atom is -0.347 e. The largest absolute Gasteiger partial charge is 0.347 e. The van der Waals surface area contributed by atoms with Gasteiger partial charge in [0.1, 0.15) is 24.2 Å². The number of rotatable bonds is 16. The van der Waals surface area contributed by atoms with Crippen molar-refractivity contribution < 1.29 is 38.4 Å². The van der Waals surface area contributed by atoms with Crippen LogP contribution in [0.5, 0.6) is 0 Å². The average molecular weight is 1170 g/mol. The van der Waals surface area contributed by atoms with Gasteiger partial charge < -0.3 is 47.0 Å². The first-order valence-electron chi connectivity index (χ1n) is 27.1. The molecule has 4 aliphatic rings. The first-order valence-corrected chi connectivity index (χ1v) is 28.1. The Morgan fingerprint density at radius 1 is 0.584 bits per heavy atom. The van der Waals surface area contributed by atoms with Crippen molar-refractivity contribution in [1.82, 2.24) is 50.1 Å². The number of likely N-dealkylation sites (tertiary alicyclic amines) is 2. The lowest BCUT2D eigenvalue weighted by Crippen LogP contribution is -2.59. The van der Waals surface area contributed by atoms with Gasteiger partial charge in [0.2, 0.25) is 35.4 Å². The van der Waals surface area contributed by atoms with Crippen LogP contribution in [0.2, 0.25) is 0 Å². The van der Waals surface area contributed by atoms with Crippen molar-refractivity contribution in [2.24, 2.45) is 10.8 Å². The summed E-state index contributed by atoms with van der Waals surface area (Å²) in [5, 5.41) is 21.3. The molecule has 0 spiro atoms. The van der Waals surface area contributed by atoms with Crippen LogP contribution in [0.25, 0.3) is 0 Å². The van der Waals surface area contributed by atoms with Crippen molar-refractivity contribution in [1.29, 1.82) is 0 Å². The smallest absolute Gasteiger partial charge is 0.251 e. The quantitative estimate of drug-likeness (QED) is 0.0765. The van der Waals surface area contributed by atoms with Crippen molar-refractivity contribution in [3.63, 3.8) is 0 Å². The van der Waals surface area contributed by atoms with Crippen LogP contribution in [-0.4, -0.2) is 136 Å². The van der Waals surface area contributed by atoms with E-state index in [1.165, 1.54) is 48.3 Å². The van der Waals surface area contributed by atoms with Crippen LogP contribution in [0.15, 0.2) is 72.8 Å². The van der Waals surface area contributed by atoms with Gasteiger partial charge in [-0.1, -0.05) is 90.1 Å². The zero-order valence-electron chi connectivity index (χ0n) is 46.3. The minimum absolute atomic E-state index is 0.0139. The number of carbonyl (C=O) groups is 8. The Balaban J connectivity index is 1.07. The second-order valence-corrected chi connectivity index (χ2v) is 24.5. The van der Waals surface area contributed by atoms with Crippen LogP contribution in [0.4, 0.5) is 0 Å². The average Bonchev–Trinajstić information content (AvgIpc) is 4.04. The van der Waals surface area contributed by atoms with Gasteiger partial charge >= 0.3 is 0 Å². The molecule has 7 rings (SSSR count). The molecule has 10 atom stereocenters. The van der Waals surface area contributed by atoms with Gasteiger partial charge in [0.15, 0.2) is 0 Å². The third-order valence-corrected chi connectivity index (χ3v) is 16.8. The number of hydrogen-bond donors (Lipinski definition) is 7. The van der Waals surface area contributed by atoms with E-state index in [0.29, 0.717) is 0 Å². The Morgan fingerprint density at radius 2 is 1.01 bits per heavy atom. The fraction of sp³-hybridized carbons (Fsp3) is 0.552. The van der Waals surface area contributed by atoms with E-state index < -0.39 is 82.8 Å². The van der Waals surface area contributed by atoms with Crippen molar-refractivity contribution in [2.75, 3.05) is 27.2 Å². The molecule has 2 saturated heterocycles. The molecule has 0 unspecified atom stereocenters. The number of hydrogen-bond acceptors (Lipinski definition) is 10. The monoisotopic (exact) mass is 1170 g/mol. The van der Waals surface area contributed by atoms with E-state index in [-0.39, 0.29) is 72.8 Å². The maximum absolute atomic E-state index is 14.9. The third-order valence-electron chi connectivity index (χ3n) is 15.7. The molecule has 7 N–H and O–H groups in total. The van der Waals surface area contributed by atoms with E-state index in [1.807, 2.05) is 101 Å². The van der Waals surface area contributed by atoms with E-state index in [9.17, 15) is 38.4 Å². The number of halogens is 1. The number of amides is 8. The summed E-state index contributed by atoms with van der Waals surface area (Å²) in [6.45, 7) is 14.6. The molecule has 2 aliphatic carbocycles. The van der Waals surface area contributed by atoms with Crippen molar-refractivity contribution in [3.05, 3.63) is 106 Å². The van der Waals surface area contributed by atoms with Crippen molar-refractivity contribution >= 4 is 70.1 Å². The fourth-order valence-electron chi connectivity index (χ4n) is 11.1. The molecule has 0 aromatic heterocycles. The zero-order chi connectivity index (χ0) is 56.1. The summed E-state index contributed by atoms with van der Waals surface area (Å²) in [4.78, 5) is 116. The van der Waals surface area contributed by atoms with Gasteiger partial charge in [-0.2, -0.15) is 0 Å². The summed E-state index contributed by atoms with van der Waals surface area (Å²) in [5.41, 5.74) is 3.44. The topological polar surface area (TPSA) is 230 Å². The predicted molar refractivity (Wildman–Crippen MR) is 302 cm³/mol. The van der Waals surface area contributed by atoms with Gasteiger partial charge in [-0.05, 0) is 137 Å². The molecule has 2 heterocycles. The second kappa shape index (κ2) is 24.8. The third kappa shape index (κ3) is 13.7. The molecule has 0 saturated carbocycles. The number of benzene rings is 3. The molecule has 0 radical (unpaired) electrons. The summed E-state index contributed by atoms with van der Waals surface area (Å²) in [5.74, 6) is -3.12. The molecule has 18 nitrogen and oxygen atoms in total. The predicted octanol–water partition coefficient (Wildman–Crippen LogP) is 4.81. The highest BCUT2D eigenvalue weighted by atomic mass is 127. The van der Waals surface area contributed by atoms with Gasteiger partial charge in [0.05, 0.1) is 47.0 Å². The molecule has 2 fully saturated rings. The van der Waals surface area contributed by atoms with Crippen LogP contribution in [0.3, 0.4) is 0 Å². The van der Waals surface area contributed by atoms with Gasteiger partial charge in [-0.15, -0.1) is 0 Å². The fourth-order valence-corrected chi connectivity index (χ4v) is 12.6. The normalized spacial score (nSPS) is 22.7. The second-order valence-electron chi connectivity index (χ2n) is 23.5. The highest BCUT2D eigenvalue weighted by Crippen LogP contribution is 2.35. The minimum atomic E-state index is -0.982. The number of aryl methyl sites for hydroxylation is 2. The first kappa shape index (κ1) is 58.7. The maximum atomic E-state index is 14.9. The molecule has 19 heteroatoms. The SMILES string of the molecule is CN[C@@H](C)C(=O)N[C@H](C(=O)N1C[C@@H](NC(=O)c2ccc(C(=O)N[C@H]3C[C@@H](C(=O)N[C@@H]4CCCc5ccccc54)N(C(=O)[C@@H](N(I)C(=O)[C@H](C)NC)C(C)(C)C)C3)cc2)C[C@H]1C(=O)N[C@@H]1CCCc2ccccc21)C(C)(C)C. The zero-order valence-corrected chi connectivity index (χ0v) is 48.4. The molecule has 2 aliphatic heterocycles. The molecular formula is C58H79IN10O8. The lowest BCUT2D eigenvalue weighted by Gasteiger charge is -2.39. The Bertz CT molecular complexity index is 2690. The maximum Gasteiger partial charge on any atom is 0.251 e. The van der Waals surface area contributed by atoms with E-state index in [4.69, 9.17) is 0 Å². The summed E-state index contributed by atoms with van der Waals surface area (Å²) < 4.78 is 1.42. The molecule has 416 valence electrons. The van der Waals surface area contributed by atoms with E-state index in [1.54, 1.807) is 27.9 Å². The lowest BCUT2D eigenvalue weighted by atomic mass is 9.85. The summed E-state index contributed by atoms with van der Waals surface area (Å²) >= 11 is 1.90. The Labute approximate surface area is 467 Å². The number of nitrogens with zero attached hydrogens (tertiary/aromatic N) is 3. The highest BCUT2D eigenvalue weighted by molar-refractivity contribution is 14.1. The van der Waals surface area contributed by atoms with Gasteiger partial charge in [-0.25, -0.2) is 0 Å². The van der Waals surface area contributed by atoms with Gasteiger partial charge in [0, 0.05) is 36.3 Å². The van der Waals surface area contributed by atoms with Crippen LogP contribution in [0.1, 0.15) is 149 Å². The van der Waals surface area contributed by atoms with Crippen LogP contribution in [-0.2, 0) is 41.6 Å². The Kier molecular flexibility index (Phi) is 18.9. The summed E-state index contributed by atoms with van der Waals surface area (Å²) in [7, 11) is 3.33. The molecule has 8 amide bonds. The van der Waals surface area contributed by atoms with Gasteiger partial charge in [0.25, 0.3) is 11.8 Å². The Morgan fingerprint density at radius 3 is 1.43 bits per heavy atom. The number of fused-ring (bicyclic) bond motifs is 2. The lowest BCUT2D eigenvalue weighted by molar-refractivity contribution is -0.147. The van der Waals surface area contributed by atoms with E-state index >= 15 is 0 Å². The van der Waals surface area contributed by atoms with Crippen LogP contribution < -0.4 is 37.2 Å². The molecule has 0 bridgehead atoms. The number of nitrogens with one attached hydrogen (secondary N) is 7. The van der Waals surface area contributed by atoms with E-state index in [0.717, 1.165) is 49.7 Å². The van der Waals surface area contributed by atoms with Gasteiger partial charge in [-0.3, -0.25) is 41.5 Å².